The van der Waals surface area contributed by atoms with E-state index in [0.29, 0.717) is 24.5 Å². The van der Waals surface area contributed by atoms with Crippen molar-refractivity contribution in [2.45, 2.75) is 6.42 Å². The molecule has 0 amide bonds. The van der Waals surface area contributed by atoms with E-state index >= 15 is 0 Å². The Hall–Kier alpha value is -1.95. The Morgan fingerprint density at radius 3 is 2.95 bits per heavy atom. The number of anilines is 1. The lowest BCUT2D eigenvalue weighted by atomic mass is 10.1. The summed E-state index contributed by atoms with van der Waals surface area (Å²) in [5.74, 6) is 0.205. The van der Waals surface area contributed by atoms with Gasteiger partial charge in [0.25, 0.3) is 0 Å². The van der Waals surface area contributed by atoms with Gasteiger partial charge in [-0.1, -0.05) is 6.08 Å². The van der Waals surface area contributed by atoms with E-state index < -0.39 is 5.97 Å². The molecule has 0 aliphatic carbocycles. The number of hydrogen-bond acceptors (Lipinski definition) is 6. The minimum atomic E-state index is -0.415. The van der Waals surface area contributed by atoms with Gasteiger partial charge in [-0.15, -0.1) is 0 Å². The molecule has 0 spiro atoms. The van der Waals surface area contributed by atoms with Gasteiger partial charge in [0.05, 0.1) is 13.7 Å². The Morgan fingerprint density at radius 2 is 2.32 bits per heavy atom. The molecule has 6 nitrogen and oxygen atoms in total. The lowest BCUT2D eigenvalue weighted by Crippen LogP contribution is -2.31. The number of esters is 1. The molecule has 6 heteroatoms. The third-order valence-corrected chi connectivity index (χ3v) is 3.03. The molecule has 0 bridgehead atoms. The second-order valence-corrected chi connectivity index (χ2v) is 4.24. The minimum Gasteiger partial charge on any atom is -0.465 e. The lowest BCUT2D eigenvalue weighted by Gasteiger charge is -2.28. The number of carbonyl (C=O) groups is 1. The van der Waals surface area contributed by atoms with Crippen molar-refractivity contribution in [1.29, 1.82) is 0 Å². The molecule has 1 aliphatic rings. The molecular formula is C13H17N3O3. The van der Waals surface area contributed by atoms with Crippen molar-refractivity contribution in [3.8, 4) is 0 Å². The number of aromatic nitrogens is 2. The molecule has 0 aromatic carbocycles. The number of carbonyl (C=O) groups excluding carboxylic acids is 1. The first-order valence-electron chi connectivity index (χ1n) is 6.06. The fraction of sp³-hybridized carbons (Fsp3) is 0.462. The van der Waals surface area contributed by atoms with Crippen LogP contribution in [-0.2, 0) is 9.47 Å². The van der Waals surface area contributed by atoms with Gasteiger partial charge in [-0.3, -0.25) is 0 Å². The Bertz CT molecular complexity index is 488. The lowest BCUT2D eigenvalue weighted by molar-refractivity contribution is 0.0600. The van der Waals surface area contributed by atoms with E-state index in [-0.39, 0.29) is 0 Å². The van der Waals surface area contributed by atoms with Crippen molar-refractivity contribution >= 4 is 11.8 Å². The van der Waals surface area contributed by atoms with Crippen LogP contribution in [0.5, 0.6) is 0 Å². The molecule has 0 unspecified atom stereocenters. The summed E-state index contributed by atoms with van der Waals surface area (Å²) < 4.78 is 9.86. The van der Waals surface area contributed by atoms with Gasteiger partial charge < -0.3 is 14.4 Å². The van der Waals surface area contributed by atoms with Gasteiger partial charge in [0.2, 0.25) is 0 Å². The highest BCUT2D eigenvalue weighted by atomic mass is 16.5. The maximum absolute atomic E-state index is 11.7. The number of ether oxygens (including phenoxy) is 2. The van der Waals surface area contributed by atoms with Crippen LogP contribution in [0.25, 0.3) is 0 Å². The summed E-state index contributed by atoms with van der Waals surface area (Å²) in [6, 6.07) is 0. The van der Waals surface area contributed by atoms with E-state index in [1.807, 2.05) is 4.90 Å². The van der Waals surface area contributed by atoms with Gasteiger partial charge >= 0.3 is 5.97 Å². The van der Waals surface area contributed by atoms with Crippen LogP contribution < -0.4 is 4.90 Å². The van der Waals surface area contributed by atoms with E-state index in [2.05, 4.69) is 16.0 Å². The van der Waals surface area contributed by atoms with Crippen molar-refractivity contribution in [3.63, 3.8) is 0 Å². The van der Waals surface area contributed by atoms with E-state index in [4.69, 9.17) is 9.47 Å². The SMILES string of the molecule is COCC1=CCN(c2ncncc2C(=O)OC)CC1. The Kier molecular flexibility index (Phi) is 4.46. The quantitative estimate of drug-likeness (QED) is 0.597. The van der Waals surface area contributed by atoms with Gasteiger partial charge in [0.1, 0.15) is 17.7 Å². The maximum Gasteiger partial charge on any atom is 0.343 e. The molecule has 0 radical (unpaired) electrons. The second-order valence-electron chi connectivity index (χ2n) is 4.24. The summed E-state index contributed by atoms with van der Waals surface area (Å²) in [7, 11) is 3.04. The smallest absolute Gasteiger partial charge is 0.343 e. The molecule has 2 heterocycles. The van der Waals surface area contributed by atoms with Crippen LogP contribution in [0.4, 0.5) is 5.82 Å². The maximum atomic E-state index is 11.7. The highest BCUT2D eigenvalue weighted by Gasteiger charge is 2.20. The van der Waals surface area contributed by atoms with E-state index in [1.165, 1.54) is 25.2 Å². The summed E-state index contributed by atoms with van der Waals surface area (Å²) in [5, 5.41) is 0. The Balaban J connectivity index is 2.18. The predicted octanol–water partition coefficient (Wildman–Crippen LogP) is 1.05. The highest BCUT2D eigenvalue weighted by molar-refractivity contribution is 5.94. The van der Waals surface area contributed by atoms with Crippen LogP contribution in [0, 0.1) is 0 Å². The zero-order valence-electron chi connectivity index (χ0n) is 11.1. The number of nitrogens with zero attached hydrogens (tertiary/aromatic N) is 3. The summed E-state index contributed by atoms with van der Waals surface area (Å²) >= 11 is 0. The number of hydrogen-bond donors (Lipinski definition) is 0. The molecule has 1 aliphatic heterocycles. The van der Waals surface area contributed by atoms with Crippen LogP contribution in [-0.4, -0.2) is 49.9 Å². The van der Waals surface area contributed by atoms with Crippen molar-refractivity contribution < 1.29 is 14.3 Å². The zero-order valence-corrected chi connectivity index (χ0v) is 11.1. The first-order chi connectivity index (χ1) is 9.26. The molecule has 0 fully saturated rings. The molecule has 2 rings (SSSR count). The van der Waals surface area contributed by atoms with Crippen LogP contribution >= 0.6 is 0 Å². The fourth-order valence-corrected chi connectivity index (χ4v) is 2.05. The molecule has 0 N–H and O–H groups in total. The normalized spacial score (nSPS) is 15.1. The fourth-order valence-electron chi connectivity index (χ4n) is 2.05. The average molecular weight is 263 g/mol. The van der Waals surface area contributed by atoms with Gasteiger partial charge in [-0.25, -0.2) is 14.8 Å². The topological polar surface area (TPSA) is 64.5 Å². The van der Waals surface area contributed by atoms with Crippen molar-refractivity contribution in [2.24, 2.45) is 0 Å². The molecule has 0 saturated carbocycles. The van der Waals surface area contributed by atoms with E-state index in [0.717, 1.165) is 13.0 Å². The zero-order chi connectivity index (χ0) is 13.7. The standard InChI is InChI=1S/C13H17N3O3/c1-18-8-10-3-5-16(6-4-10)12-11(13(17)19-2)7-14-9-15-12/h3,7,9H,4-6,8H2,1-2H3. The molecule has 0 saturated heterocycles. The summed E-state index contributed by atoms with van der Waals surface area (Å²) in [6.45, 7) is 2.16. The van der Waals surface area contributed by atoms with Crippen molar-refractivity contribution in [3.05, 3.63) is 29.7 Å². The molecule has 19 heavy (non-hydrogen) atoms. The number of rotatable bonds is 4. The highest BCUT2D eigenvalue weighted by Crippen LogP contribution is 2.21. The largest absolute Gasteiger partial charge is 0.465 e. The minimum absolute atomic E-state index is 0.397. The van der Waals surface area contributed by atoms with Gasteiger partial charge in [0, 0.05) is 26.4 Å². The summed E-state index contributed by atoms with van der Waals surface area (Å²) in [5.41, 5.74) is 1.67. The third kappa shape index (κ3) is 3.08. The number of methoxy groups -OCH3 is 2. The molecule has 1 aromatic heterocycles. The first-order valence-corrected chi connectivity index (χ1v) is 6.06. The second kappa shape index (κ2) is 6.29. The Morgan fingerprint density at radius 1 is 1.47 bits per heavy atom. The molecule has 0 atom stereocenters. The van der Waals surface area contributed by atoms with E-state index in [9.17, 15) is 4.79 Å². The van der Waals surface area contributed by atoms with Crippen LogP contribution in [0.3, 0.4) is 0 Å². The van der Waals surface area contributed by atoms with Crippen molar-refractivity contribution in [2.75, 3.05) is 38.8 Å². The monoisotopic (exact) mass is 263 g/mol. The van der Waals surface area contributed by atoms with Gasteiger partial charge in [-0.05, 0) is 12.0 Å². The molecule has 1 aromatic rings. The van der Waals surface area contributed by atoms with E-state index in [1.54, 1.807) is 7.11 Å². The summed E-state index contributed by atoms with van der Waals surface area (Å²) in [6.07, 6.45) is 5.94. The van der Waals surface area contributed by atoms with Crippen LogP contribution in [0.15, 0.2) is 24.2 Å². The van der Waals surface area contributed by atoms with Crippen molar-refractivity contribution in [1.82, 2.24) is 9.97 Å². The first kappa shape index (κ1) is 13.5. The summed E-state index contributed by atoms with van der Waals surface area (Å²) in [4.78, 5) is 21.8. The third-order valence-electron chi connectivity index (χ3n) is 3.03. The van der Waals surface area contributed by atoms with Crippen LogP contribution in [0.2, 0.25) is 0 Å². The van der Waals surface area contributed by atoms with Crippen LogP contribution in [0.1, 0.15) is 16.8 Å². The van der Waals surface area contributed by atoms with Gasteiger partial charge in [0.15, 0.2) is 0 Å². The molecular weight excluding hydrogens is 246 g/mol. The Labute approximate surface area is 112 Å². The average Bonchev–Trinajstić information content (AvgIpc) is 2.47. The molecule has 102 valence electrons. The predicted molar refractivity (Wildman–Crippen MR) is 70.2 cm³/mol. The van der Waals surface area contributed by atoms with Gasteiger partial charge in [-0.2, -0.15) is 0 Å².